The summed E-state index contributed by atoms with van der Waals surface area (Å²) in [7, 11) is 1.61. The van der Waals surface area contributed by atoms with E-state index < -0.39 is 0 Å². The fourth-order valence-corrected chi connectivity index (χ4v) is 2.35. The Bertz CT molecular complexity index is 640. The van der Waals surface area contributed by atoms with E-state index in [4.69, 9.17) is 5.73 Å². The van der Waals surface area contributed by atoms with Gasteiger partial charge in [-0.25, -0.2) is 0 Å². The molecule has 0 spiro atoms. The van der Waals surface area contributed by atoms with Crippen molar-refractivity contribution in [3.05, 3.63) is 58.1 Å². The Kier molecular flexibility index (Phi) is 4.85. The van der Waals surface area contributed by atoms with Crippen LogP contribution in [0.4, 0.5) is 11.4 Å². The van der Waals surface area contributed by atoms with Crippen molar-refractivity contribution < 1.29 is 4.79 Å². The lowest BCUT2D eigenvalue weighted by atomic mass is 10.1. The van der Waals surface area contributed by atoms with Gasteiger partial charge in [0.25, 0.3) is 5.91 Å². The van der Waals surface area contributed by atoms with E-state index in [1.54, 1.807) is 25.2 Å². The van der Waals surface area contributed by atoms with E-state index in [1.807, 2.05) is 31.2 Å². The van der Waals surface area contributed by atoms with E-state index in [0.717, 1.165) is 15.7 Å². The first-order chi connectivity index (χ1) is 10.0. The summed E-state index contributed by atoms with van der Waals surface area (Å²) in [5.41, 5.74) is 8.88. The van der Waals surface area contributed by atoms with Crippen LogP contribution in [0.15, 0.2) is 46.9 Å². The van der Waals surface area contributed by atoms with Crippen molar-refractivity contribution >= 4 is 33.2 Å². The maximum atomic E-state index is 11.9. The summed E-state index contributed by atoms with van der Waals surface area (Å²) >= 11 is 3.42. The minimum atomic E-state index is -0.138. The summed E-state index contributed by atoms with van der Waals surface area (Å²) in [5.74, 6) is -0.138. The van der Waals surface area contributed by atoms with Gasteiger partial charge < -0.3 is 16.4 Å². The molecule has 0 aromatic heterocycles. The van der Waals surface area contributed by atoms with Crippen LogP contribution < -0.4 is 16.4 Å². The summed E-state index contributed by atoms with van der Waals surface area (Å²) in [6, 6.07) is 13.3. The van der Waals surface area contributed by atoms with E-state index >= 15 is 0 Å². The van der Waals surface area contributed by atoms with Crippen LogP contribution in [0.25, 0.3) is 0 Å². The van der Waals surface area contributed by atoms with Crippen LogP contribution in [-0.2, 0) is 0 Å². The van der Waals surface area contributed by atoms with Gasteiger partial charge in [-0.05, 0) is 42.8 Å². The molecule has 0 radical (unpaired) electrons. The van der Waals surface area contributed by atoms with Crippen molar-refractivity contribution in [2.75, 3.05) is 18.1 Å². The first kappa shape index (κ1) is 15.4. The Morgan fingerprint density at radius 2 is 1.86 bits per heavy atom. The topological polar surface area (TPSA) is 67.2 Å². The number of hydrogen-bond acceptors (Lipinski definition) is 3. The van der Waals surface area contributed by atoms with Crippen LogP contribution >= 0.6 is 15.9 Å². The number of hydrogen-bond donors (Lipinski definition) is 3. The summed E-state index contributed by atoms with van der Waals surface area (Å²) in [4.78, 5) is 11.9. The van der Waals surface area contributed by atoms with Crippen molar-refractivity contribution in [3.8, 4) is 0 Å². The Morgan fingerprint density at radius 1 is 1.19 bits per heavy atom. The van der Waals surface area contributed by atoms with Crippen molar-refractivity contribution in [2.24, 2.45) is 0 Å². The number of benzene rings is 2. The third kappa shape index (κ3) is 3.76. The quantitative estimate of drug-likeness (QED) is 0.740. The molecule has 0 aliphatic rings. The van der Waals surface area contributed by atoms with Gasteiger partial charge in [0, 0.05) is 28.9 Å². The zero-order valence-electron chi connectivity index (χ0n) is 12.0. The van der Waals surface area contributed by atoms with Crippen molar-refractivity contribution in [2.45, 2.75) is 13.0 Å². The maximum Gasteiger partial charge on any atom is 0.253 e. The van der Waals surface area contributed by atoms with Crippen molar-refractivity contribution in [3.63, 3.8) is 0 Å². The van der Waals surface area contributed by atoms with E-state index in [1.165, 1.54) is 0 Å². The Labute approximate surface area is 132 Å². The van der Waals surface area contributed by atoms with Gasteiger partial charge in [0.15, 0.2) is 0 Å². The highest BCUT2D eigenvalue weighted by molar-refractivity contribution is 9.10. The zero-order chi connectivity index (χ0) is 15.4. The number of carbonyl (C=O) groups excluding carboxylic acids is 1. The predicted molar refractivity (Wildman–Crippen MR) is 90.4 cm³/mol. The molecule has 2 aromatic carbocycles. The largest absolute Gasteiger partial charge is 0.399 e. The number of nitrogens with one attached hydrogen (secondary N) is 2. The SMILES string of the molecule is CNC(=O)c1ccc(N)cc1NC(C)c1ccc(Br)cc1. The van der Waals surface area contributed by atoms with Gasteiger partial charge in [0.05, 0.1) is 5.56 Å². The highest BCUT2D eigenvalue weighted by Gasteiger charge is 2.13. The average Bonchev–Trinajstić information content (AvgIpc) is 2.47. The van der Waals surface area contributed by atoms with E-state index in [2.05, 4.69) is 26.6 Å². The molecule has 2 rings (SSSR count). The second-order valence-electron chi connectivity index (χ2n) is 4.80. The predicted octanol–water partition coefficient (Wildman–Crippen LogP) is 3.56. The highest BCUT2D eigenvalue weighted by Crippen LogP contribution is 2.25. The summed E-state index contributed by atoms with van der Waals surface area (Å²) in [6.07, 6.45) is 0. The second-order valence-corrected chi connectivity index (χ2v) is 5.72. The van der Waals surface area contributed by atoms with Gasteiger partial charge in [-0.3, -0.25) is 4.79 Å². The molecule has 1 unspecified atom stereocenters. The molecule has 0 aliphatic carbocycles. The molecular formula is C16H18BrN3O. The fourth-order valence-electron chi connectivity index (χ4n) is 2.08. The minimum Gasteiger partial charge on any atom is -0.399 e. The third-order valence-electron chi connectivity index (χ3n) is 3.26. The lowest BCUT2D eigenvalue weighted by Crippen LogP contribution is -2.20. The number of rotatable bonds is 4. The lowest BCUT2D eigenvalue weighted by molar-refractivity contribution is 0.0964. The number of halogens is 1. The van der Waals surface area contributed by atoms with Crippen LogP contribution in [0, 0.1) is 0 Å². The molecule has 0 bridgehead atoms. The van der Waals surface area contributed by atoms with Gasteiger partial charge in [-0.1, -0.05) is 28.1 Å². The lowest BCUT2D eigenvalue weighted by Gasteiger charge is -2.18. The number of anilines is 2. The minimum absolute atomic E-state index is 0.0586. The smallest absolute Gasteiger partial charge is 0.253 e. The molecule has 0 saturated carbocycles. The molecular weight excluding hydrogens is 330 g/mol. The molecule has 110 valence electrons. The number of carbonyl (C=O) groups is 1. The Morgan fingerprint density at radius 3 is 2.48 bits per heavy atom. The van der Waals surface area contributed by atoms with Gasteiger partial charge in [-0.15, -0.1) is 0 Å². The fraction of sp³-hybridized carbons (Fsp3) is 0.188. The number of nitrogen functional groups attached to an aromatic ring is 1. The monoisotopic (exact) mass is 347 g/mol. The van der Waals surface area contributed by atoms with Crippen LogP contribution in [0.2, 0.25) is 0 Å². The van der Waals surface area contributed by atoms with Gasteiger partial charge in [-0.2, -0.15) is 0 Å². The number of amides is 1. The molecule has 0 aliphatic heterocycles. The molecule has 0 heterocycles. The Balaban J connectivity index is 2.27. The zero-order valence-corrected chi connectivity index (χ0v) is 13.6. The van der Waals surface area contributed by atoms with Crippen LogP contribution in [-0.4, -0.2) is 13.0 Å². The summed E-state index contributed by atoms with van der Waals surface area (Å²) < 4.78 is 1.04. The summed E-state index contributed by atoms with van der Waals surface area (Å²) in [6.45, 7) is 2.04. The van der Waals surface area contributed by atoms with E-state index in [-0.39, 0.29) is 11.9 Å². The molecule has 1 atom stereocenters. The van der Waals surface area contributed by atoms with Crippen LogP contribution in [0.3, 0.4) is 0 Å². The van der Waals surface area contributed by atoms with Gasteiger partial charge in [0.2, 0.25) is 0 Å². The first-order valence-electron chi connectivity index (χ1n) is 6.65. The highest BCUT2D eigenvalue weighted by atomic mass is 79.9. The van der Waals surface area contributed by atoms with Crippen molar-refractivity contribution in [1.29, 1.82) is 0 Å². The van der Waals surface area contributed by atoms with E-state index in [0.29, 0.717) is 11.3 Å². The van der Waals surface area contributed by atoms with Crippen LogP contribution in [0.1, 0.15) is 28.9 Å². The number of nitrogens with two attached hydrogens (primary N) is 1. The van der Waals surface area contributed by atoms with E-state index in [9.17, 15) is 4.79 Å². The normalized spacial score (nSPS) is 11.8. The van der Waals surface area contributed by atoms with Crippen molar-refractivity contribution in [1.82, 2.24) is 5.32 Å². The molecule has 4 nitrogen and oxygen atoms in total. The Hall–Kier alpha value is -2.01. The standard InChI is InChI=1S/C16H18BrN3O/c1-10(11-3-5-12(17)6-4-11)20-15-9-13(18)7-8-14(15)16(21)19-2/h3-10,20H,18H2,1-2H3,(H,19,21). The molecule has 21 heavy (non-hydrogen) atoms. The average molecular weight is 348 g/mol. The molecule has 1 amide bonds. The molecule has 2 aromatic rings. The van der Waals surface area contributed by atoms with Gasteiger partial charge >= 0.3 is 0 Å². The second kappa shape index (κ2) is 6.63. The summed E-state index contributed by atoms with van der Waals surface area (Å²) in [5, 5.41) is 5.98. The molecule has 0 fully saturated rings. The first-order valence-corrected chi connectivity index (χ1v) is 7.44. The van der Waals surface area contributed by atoms with Crippen LogP contribution in [0.5, 0.6) is 0 Å². The molecule has 4 N–H and O–H groups in total. The molecule has 0 saturated heterocycles. The van der Waals surface area contributed by atoms with Gasteiger partial charge in [0.1, 0.15) is 0 Å². The maximum absolute atomic E-state index is 11.9. The molecule has 5 heteroatoms. The third-order valence-corrected chi connectivity index (χ3v) is 3.79.